The van der Waals surface area contributed by atoms with Crippen LogP contribution in [0.5, 0.6) is 0 Å². The number of carbonyl (C=O) groups is 1. The summed E-state index contributed by atoms with van der Waals surface area (Å²) in [4.78, 5) is 9.50. The Morgan fingerprint density at radius 3 is 1.55 bits per heavy atom. The third-order valence-electron chi connectivity index (χ3n) is 0.694. The normalized spacial score (nSPS) is 9.36. The van der Waals surface area contributed by atoms with Crippen LogP contribution in [-0.2, 0) is 4.79 Å². The van der Waals surface area contributed by atoms with Gasteiger partial charge in [0.1, 0.15) is 12.4 Å². The highest BCUT2D eigenvalue weighted by Gasteiger charge is 1.93. The molecule has 4 nitrogen and oxygen atoms in total. The molecular weight excluding hydrogens is 148 g/mol. The maximum Gasteiger partial charge on any atom is 0.122 e. The molecule has 0 aromatic rings. The van der Waals surface area contributed by atoms with Gasteiger partial charge in [-0.05, 0) is 0 Å². The fourth-order valence-electron chi connectivity index (χ4n) is 0.0577. The van der Waals surface area contributed by atoms with E-state index in [-0.39, 0.29) is 19.1 Å². The van der Waals surface area contributed by atoms with Gasteiger partial charge >= 0.3 is 0 Å². The molecule has 0 saturated carbocycles. The van der Waals surface area contributed by atoms with Crippen LogP contribution in [-0.4, -0.2) is 40.9 Å². The maximum atomic E-state index is 9.50. The molecule has 0 aromatic heterocycles. The van der Waals surface area contributed by atoms with E-state index in [4.69, 9.17) is 15.3 Å². The van der Waals surface area contributed by atoms with Gasteiger partial charge in [0.25, 0.3) is 0 Å². The number of carbonyl (C=O) groups excluding carboxylic acids is 1. The second kappa shape index (κ2) is 9.55. The molecule has 0 aromatic carbocycles. The average molecular weight is 164 g/mol. The lowest BCUT2D eigenvalue weighted by Gasteiger charge is -1.96. The quantitative estimate of drug-likeness (QED) is 0.476. The first kappa shape index (κ1) is 13.2. The minimum absolute atomic E-state index is 0.204. The Labute approximate surface area is 66.5 Å². The summed E-state index contributed by atoms with van der Waals surface area (Å²) >= 11 is 0. The summed E-state index contributed by atoms with van der Waals surface area (Å²) in [5.41, 5.74) is 0. The van der Waals surface area contributed by atoms with Crippen molar-refractivity contribution in [3.63, 3.8) is 0 Å². The molecule has 0 aliphatic heterocycles. The fraction of sp³-hybridized carbons (Fsp3) is 0.857. The summed E-state index contributed by atoms with van der Waals surface area (Å²) in [5.74, 6) is 0.204. The van der Waals surface area contributed by atoms with Crippen LogP contribution in [0.3, 0.4) is 0 Å². The minimum atomic E-state index is -0.954. The van der Waals surface area contributed by atoms with Gasteiger partial charge in [-0.2, -0.15) is 0 Å². The number of hydrogen-bond acceptors (Lipinski definition) is 4. The summed E-state index contributed by atoms with van der Waals surface area (Å²) in [6.07, 6.45) is -0.0370. The molecule has 0 aliphatic rings. The first-order valence-electron chi connectivity index (χ1n) is 3.43. The van der Waals surface area contributed by atoms with E-state index in [1.165, 1.54) is 0 Å². The SMILES string of the molecule is CC(C)C=O.OCC(O)CO. The zero-order valence-electron chi connectivity index (χ0n) is 6.90. The minimum Gasteiger partial charge on any atom is -0.394 e. The van der Waals surface area contributed by atoms with Crippen LogP contribution in [0.25, 0.3) is 0 Å². The predicted octanol–water partition coefficient (Wildman–Crippen LogP) is -0.827. The molecular formula is C7H16O4. The van der Waals surface area contributed by atoms with Crippen molar-refractivity contribution in [1.29, 1.82) is 0 Å². The molecule has 0 rings (SSSR count). The largest absolute Gasteiger partial charge is 0.394 e. The van der Waals surface area contributed by atoms with Crippen LogP contribution in [0.2, 0.25) is 0 Å². The Balaban J connectivity index is 0. The van der Waals surface area contributed by atoms with Crippen molar-refractivity contribution >= 4 is 6.29 Å². The lowest BCUT2D eigenvalue weighted by Crippen LogP contribution is -2.15. The van der Waals surface area contributed by atoms with Crippen LogP contribution in [0.15, 0.2) is 0 Å². The molecule has 4 heteroatoms. The first-order chi connectivity index (χ1) is 5.08. The van der Waals surface area contributed by atoms with Crippen LogP contribution in [0.4, 0.5) is 0 Å². The van der Waals surface area contributed by atoms with E-state index in [0.717, 1.165) is 6.29 Å². The summed E-state index contributed by atoms with van der Waals surface area (Å²) in [7, 11) is 0. The monoisotopic (exact) mass is 164 g/mol. The third-order valence-corrected chi connectivity index (χ3v) is 0.694. The van der Waals surface area contributed by atoms with Crippen LogP contribution >= 0.6 is 0 Å². The fourth-order valence-corrected chi connectivity index (χ4v) is 0.0577. The number of aliphatic hydroxyl groups is 3. The predicted molar refractivity (Wildman–Crippen MR) is 41.1 cm³/mol. The first-order valence-corrected chi connectivity index (χ1v) is 3.43. The van der Waals surface area contributed by atoms with E-state index in [1.807, 2.05) is 13.8 Å². The Bertz CT molecular complexity index is 78.5. The van der Waals surface area contributed by atoms with Crippen LogP contribution in [0, 0.1) is 5.92 Å². The van der Waals surface area contributed by atoms with Crippen LogP contribution < -0.4 is 0 Å². The van der Waals surface area contributed by atoms with Gasteiger partial charge in [0.15, 0.2) is 0 Å². The van der Waals surface area contributed by atoms with E-state index in [2.05, 4.69) is 0 Å². The van der Waals surface area contributed by atoms with Gasteiger partial charge in [-0.15, -0.1) is 0 Å². The van der Waals surface area contributed by atoms with Gasteiger partial charge in [-0.1, -0.05) is 13.8 Å². The molecule has 11 heavy (non-hydrogen) atoms. The van der Waals surface area contributed by atoms with Gasteiger partial charge in [0, 0.05) is 5.92 Å². The molecule has 0 fully saturated rings. The summed E-state index contributed by atoms with van der Waals surface area (Å²) < 4.78 is 0. The van der Waals surface area contributed by atoms with Gasteiger partial charge in [-0.3, -0.25) is 0 Å². The molecule has 0 aliphatic carbocycles. The molecule has 0 bridgehead atoms. The van der Waals surface area contributed by atoms with Crippen LogP contribution in [0.1, 0.15) is 13.8 Å². The third kappa shape index (κ3) is 17.7. The number of aldehydes is 1. The van der Waals surface area contributed by atoms with Crippen molar-refractivity contribution in [2.45, 2.75) is 20.0 Å². The number of aliphatic hydroxyl groups excluding tert-OH is 3. The molecule has 0 amide bonds. The molecule has 0 heterocycles. The Morgan fingerprint density at radius 1 is 1.27 bits per heavy atom. The maximum absolute atomic E-state index is 9.50. The topological polar surface area (TPSA) is 77.8 Å². The van der Waals surface area contributed by atoms with E-state index >= 15 is 0 Å². The van der Waals surface area contributed by atoms with Crippen molar-refractivity contribution in [3.8, 4) is 0 Å². The van der Waals surface area contributed by atoms with E-state index in [0.29, 0.717) is 0 Å². The molecule has 3 N–H and O–H groups in total. The van der Waals surface area contributed by atoms with Crippen molar-refractivity contribution < 1.29 is 20.1 Å². The van der Waals surface area contributed by atoms with Gasteiger partial charge in [0.05, 0.1) is 13.2 Å². The molecule has 68 valence electrons. The highest BCUT2D eigenvalue weighted by atomic mass is 16.3. The zero-order chi connectivity index (χ0) is 9.28. The highest BCUT2D eigenvalue weighted by Crippen LogP contribution is 1.78. The zero-order valence-corrected chi connectivity index (χ0v) is 6.90. The molecule has 0 saturated heterocycles. The second-order valence-electron chi connectivity index (χ2n) is 2.40. The van der Waals surface area contributed by atoms with Crippen molar-refractivity contribution in [2.24, 2.45) is 5.92 Å². The number of hydrogen-bond donors (Lipinski definition) is 3. The Kier molecular flexibility index (Phi) is 11.4. The van der Waals surface area contributed by atoms with Crippen molar-refractivity contribution in [3.05, 3.63) is 0 Å². The summed E-state index contributed by atoms with van der Waals surface area (Å²) in [6, 6.07) is 0. The lowest BCUT2D eigenvalue weighted by molar-refractivity contribution is -0.110. The van der Waals surface area contributed by atoms with Gasteiger partial charge in [0.2, 0.25) is 0 Å². The Hall–Kier alpha value is -0.450. The number of rotatable bonds is 3. The van der Waals surface area contributed by atoms with Crippen molar-refractivity contribution in [2.75, 3.05) is 13.2 Å². The molecule has 0 atom stereocenters. The van der Waals surface area contributed by atoms with E-state index in [9.17, 15) is 4.79 Å². The highest BCUT2D eigenvalue weighted by molar-refractivity contribution is 5.51. The van der Waals surface area contributed by atoms with Gasteiger partial charge < -0.3 is 20.1 Å². The van der Waals surface area contributed by atoms with Gasteiger partial charge in [-0.25, -0.2) is 0 Å². The van der Waals surface area contributed by atoms with Crippen molar-refractivity contribution in [1.82, 2.24) is 0 Å². The molecule has 0 unspecified atom stereocenters. The Morgan fingerprint density at radius 2 is 1.55 bits per heavy atom. The molecule has 0 radical (unpaired) electrons. The smallest absolute Gasteiger partial charge is 0.122 e. The average Bonchev–Trinajstić information content (AvgIpc) is 2.04. The second-order valence-corrected chi connectivity index (χ2v) is 2.40. The summed E-state index contributed by atoms with van der Waals surface area (Å²) in [5, 5.41) is 24.0. The molecule has 0 spiro atoms. The van der Waals surface area contributed by atoms with E-state index in [1.54, 1.807) is 0 Å². The van der Waals surface area contributed by atoms with E-state index < -0.39 is 6.10 Å². The lowest BCUT2D eigenvalue weighted by atomic mass is 10.3. The standard InChI is InChI=1S/C4H8O.C3H8O3/c1-4(2)3-5;4-1-3(6)2-5/h3-4H,1-2H3;3-6H,1-2H2. The summed E-state index contributed by atoms with van der Waals surface area (Å²) in [6.45, 7) is 2.98.